The second kappa shape index (κ2) is 5.87. The van der Waals surface area contributed by atoms with Crippen LogP contribution >= 0.6 is 12.2 Å². The molecule has 1 aliphatic rings. The molecule has 0 aromatic heterocycles. The molecule has 0 bridgehead atoms. The largest absolute Gasteiger partial charge is 0.372 e. The van der Waals surface area contributed by atoms with Gasteiger partial charge in [-0.1, -0.05) is 0 Å². The Balaban J connectivity index is 1.95. The molecular weight excluding hydrogens is 230 g/mol. The second-order valence-corrected chi connectivity index (χ2v) is 4.63. The number of nitrogens with one attached hydrogen (secondary N) is 2. The van der Waals surface area contributed by atoms with Gasteiger partial charge in [-0.15, -0.1) is 0 Å². The summed E-state index contributed by atoms with van der Waals surface area (Å²) in [6.07, 6.45) is 2.62. The van der Waals surface area contributed by atoms with E-state index in [4.69, 9.17) is 12.2 Å². The molecule has 92 valence electrons. The van der Waals surface area contributed by atoms with Gasteiger partial charge in [0.2, 0.25) is 0 Å². The summed E-state index contributed by atoms with van der Waals surface area (Å²) in [5.74, 6) is 0. The van der Waals surface area contributed by atoms with Gasteiger partial charge in [0.25, 0.3) is 0 Å². The summed E-state index contributed by atoms with van der Waals surface area (Å²) in [5.41, 5.74) is 2.35. The molecule has 3 nitrogen and oxygen atoms in total. The van der Waals surface area contributed by atoms with Crippen LogP contribution in [0.1, 0.15) is 19.8 Å². The minimum atomic E-state index is 0.682. The number of anilines is 2. The summed E-state index contributed by atoms with van der Waals surface area (Å²) in [4.78, 5) is 2.42. The molecule has 0 radical (unpaired) electrons. The first kappa shape index (κ1) is 12.2. The van der Waals surface area contributed by atoms with Crippen LogP contribution in [-0.2, 0) is 0 Å². The lowest BCUT2D eigenvalue weighted by Crippen LogP contribution is -2.27. The van der Waals surface area contributed by atoms with Gasteiger partial charge in [0.05, 0.1) is 0 Å². The molecule has 1 aliphatic heterocycles. The molecule has 0 amide bonds. The molecule has 0 saturated carbocycles. The fraction of sp³-hybridized carbons (Fsp3) is 0.462. The lowest BCUT2D eigenvalue weighted by molar-refractivity contribution is 0.949. The summed E-state index contributed by atoms with van der Waals surface area (Å²) in [6.45, 7) is 5.24. The maximum absolute atomic E-state index is 5.14. The van der Waals surface area contributed by atoms with Crippen LogP contribution in [0.2, 0.25) is 0 Å². The van der Waals surface area contributed by atoms with Crippen LogP contribution in [0.3, 0.4) is 0 Å². The van der Waals surface area contributed by atoms with Gasteiger partial charge in [0.1, 0.15) is 0 Å². The molecule has 4 heteroatoms. The Bertz CT molecular complexity index is 369. The van der Waals surface area contributed by atoms with Crippen molar-refractivity contribution in [3.05, 3.63) is 24.3 Å². The van der Waals surface area contributed by atoms with Crippen LogP contribution in [-0.4, -0.2) is 24.7 Å². The predicted molar refractivity (Wildman–Crippen MR) is 77.8 cm³/mol. The van der Waals surface area contributed by atoms with Crippen LogP contribution in [0.5, 0.6) is 0 Å². The van der Waals surface area contributed by atoms with Gasteiger partial charge in [0, 0.05) is 31.0 Å². The van der Waals surface area contributed by atoms with E-state index in [2.05, 4.69) is 39.8 Å². The number of thiocarbonyl (C=S) groups is 1. The van der Waals surface area contributed by atoms with Crippen molar-refractivity contribution >= 4 is 28.7 Å². The summed E-state index contributed by atoms with van der Waals surface area (Å²) in [7, 11) is 0. The quantitative estimate of drug-likeness (QED) is 0.805. The third kappa shape index (κ3) is 3.33. The zero-order valence-corrected chi connectivity index (χ0v) is 11.0. The Morgan fingerprint density at radius 3 is 2.47 bits per heavy atom. The first-order valence-corrected chi connectivity index (χ1v) is 6.60. The van der Waals surface area contributed by atoms with Crippen molar-refractivity contribution in [2.75, 3.05) is 29.9 Å². The fourth-order valence-corrected chi connectivity index (χ4v) is 2.33. The van der Waals surface area contributed by atoms with E-state index in [0.29, 0.717) is 5.11 Å². The Morgan fingerprint density at radius 2 is 1.88 bits per heavy atom. The van der Waals surface area contributed by atoms with Crippen molar-refractivity contribution in [1.29, 1.82) is 0 Å². The zero-order valence-electron chi connectivity index (χ0n) is 10.2. The standard InChI is InChI=1S/C13H19N3S/c1-2-14-13(17)15-11-5-7-12(8-6-11)16-9-3-4-10-16/h5-8H,2-4,9-10H2,1H3,(H2,14,15,17). The van der Waals surface area contributed by atoms with Crippen LogP contribution in [0, 0.1) is 0 Å². The van der Waals surface area contributed by atoms with Crippen LogP contribution in [0.4, 0.5) is 11.4 Å². The molecule has 2 N–H and O–H groups in total. The summed E-state index contributed by atoms with van der Waals surface area (Å²) >= 11 is 5.14. The van der Waals surface area contributed by atoms with Gasteiger partial charge >= 0.3 is 0 Å². The smallest absolute Gasteiger partial charge is 0.170 e. The van der Waals surface area contributed by atoms with E-state index in [1.807, 2.05) is 6.92 Å². The first-order chi connectivity index (χ1) is 8.29. The van der Waals surface area contributed by atoms with Crippen LogP contribution in [0.25, 0.3) is 0 Å². The van der Waals surface area contributed by atoms with E-state index >= 15 is 0 Å². The SMILES string of the molecule is CCNC(=S)Nc1ccc(N2CCCC2)cc1. The molecule has 1 fully saturated rings. The molecule has 0 unspecified atom stereocenters. The zero-order chi connectivity index (χ0) is 12.1. The number of nitrogens with zero attached hydrogens (tertiary/aromatic N) is 1. The van der Waals surface area contributed by atoms with E-state index in [-0.39, 0.29) is 0 Å². The van der Waals surface area contributed by atoms with E-state index < -0.39 is 0 Å². The molecule has 1 aromatic rings. The highest BCUT2D eigenvalue weighted by molar-refractivity contribution is 7.80. The van der Waals surface area contributed by atoms with Gasteiger partial charge < -0.3 is 15.5 Å². The molecule has 0 spiro atoms. The lowest BCUT2D eigenvalue weighted by Gasteiger charge is -2.18. The topological polar surface area (TPSA) is 27.3 Å². The van der Waals surface area contributed by atoms with E-state index in [9.17, 15) is 0 Å². The average Bonchev–Trinajstić information content (AvgIpc) is 2.84. The van der Waals surface area contributed by atoms with Gasteiger partial charge in [-0.2, -0.15) is 0 Å². The molecule has 2 rings (SSSR count). The van der Waals surface area contributed by atoms with Crippen molar-refractivity contribution in [3.63, 3.8) is 0 Å². The average molecular weight is 249 g/mol. The minimum absolute atomic E-state index is 0.682. The minimum Gasteiger partial charge on any atom is -0.372 e. The highest BCUT2D eigenvalue weighted by atomic mass is 32.1. The molecule has 0 atom stereocenters. The van der Waals surface area contributed by atoms with Crippen molar-refractivity contribution in [2.45, 2.75) is 19.8 Å². The van der Waals surface area contributed by atoms with Gasteiger partial charge in [-0.25, -0.2) is 0 Å². The van der Waals surface area contributed by atoms with Crippen molar-refractivity contribution in [1.82, 2.24) is 5.32 Å². The normalized spacial score (nSPS) is 14.8. The fourth-order valence-electron chi connectivity index (χ4n) is 2.07. The maximum atomic E-state index is 5.14. The molecule has 17 heavy (non-hydrogen) atoms. The summed E-state index contributed by atoms with van der Waals surface area (Å²) < 4.78 is 0. The van der Waals surface area contributed by atoms with Gasteiger partial charge in [0.15, 0.2) is 5.11 Å². The van der Waals surface area contributed by atoms with Crippen molar-refractivity contribution in [3.8, 4) is 0 Å². The van der Waals surface area contributed by atoms with E-state index in [1.165, 1.54) is 31.6 Å². The third-order valence-electron chi connectivity index (χ3n) is 2.93. The predicted octanol–water partition coefficient (Wildman–Crippen LogP) is 2.59. The number of rotatable bonds is 3. The monoisotopic (exact) mass is 249 g/mol. The number of hydrogen-bond donors (Lipinski definition) is 2. The maximum Gasteiger partial charge on any atom is 0.170 e. The number of hydrogen-bond acceptors (Lipinski definition) is 2. The van der Waals surface area contributed by atoms with E-state index in [0.717, 1.165) is 12.2 Å². The van der Waals surface area contributed by atoms with Crippen molar-refractivity contribution < 1.29 is 0 Å². The Labute approximate surface area is 108 Å². The van der Waals surface area contributed by atoms with Crippen LogP contribution < -0.4 is 15.5 Å². The molecule has 0 aliphatic carbocycles. The molecule has 1 saturated heterocycles. The lowest BCUT2D eigenvalue weighted by atomic mass is 10.2. The highest BCUT2D eigenvalue weighted by Crippen LogP contribution is 2.21. The van der Waals surface area contributed by atoms with E-state index in [1.54, 1.807) is 0 Å². The molecule has 1 aromatic carbocycles. The molecule has 1 heterocycles. The highest BCUT2D eigenvalue weighted by Gasteiger charge is 2.11. The van der Waals surface area contributed by atoms with Crippen LogP contribution in [0.15, 0.2) is 24.3 Å². The second-order valence-electron chi connectivity index (χ2n) is 4.23. The Morgan fingerprint density at radius 1 is 1.24 bits per heavy atom. The third-order valence-corrected chi connectivity index (χ3v) is 3.18. The van der Waals surface area contributed by atoms with Crippen molar-refractivity contribution in [2.24, 2.45) is 0 Å². The Hall–Kier alpha value is -1.29. The molecular formula is C13H19N3S. The summed E-state index contributed by atoms with van der Waals surface area (Å²) in [5, 5.41) is 6.92. The van der Waals surface area contributed by atoms with Gasteiger partial charge in [-0.05, 0) is 56.2 Å². The number of benzene rings is 1. The summed E-state index contributed by atoms with van der Waals surface area (Å²) in [6, 6.07) is 8.47. The van der Waals surface area contributed by atoms with Gasteiger partial charge in [-0.3, -0.25) is 0 Å². The Kier molecular flexibility index (Phi) is 4.20. The first-order valence-electron chi connectivity index (χ1n) is 6.19.